The zero-order valence-electron chi connectivity index (χ0n) is 20.1. The van der Waals surface area contributed by atoms with Crippen LogP contribution in [0.1, 0.15) is 17.3 Å². The van der Waals surface area contributed by atoms with Gasteiger partial charge < -0.3 is 40.2 Å². The summed E-state index contributed by atoms with van der Waals surface area (Å²) in [6.45, 7) is 0.645. The fraction of sp³-hybridized carbons (Fsp3) is 0.308. The molecule has 10 nitrogen and oxygen atoms in total. The van der Waals surface area contributed by atoms with Crippen LogP contribution >= 0.6 is 15.9 Å². The maximum Gasteiger partial charge on any atom is 0.259 e. The molecule has 1 heterocycles. The van der Waals surface area contributed by atoms with E-state index in [4.69, 9.17) is 14.2 Å². The van der Waals surface area contributed by atoms with Crippen molar-refractivity contribution < 1.29 is 39.1 Å². The molecule has 3 aromatic rings. The zero-order chi connectivity index (χ0) is 26.7. The van der Waals surface area contributed by atoms with Crippen molar-refractivity contribution in [3.8, 4) is 11.5 Å². The van der Waals surface area contributed by atoms with Crippen LogP contribution in [-0.2, 0) is 9.53 Å². The lowest BCUT2D eigenvalue weighted by molar-refractivity contribution is -0.244. The molecule has 11 heteroatoms. The highest BCUT2D eigenvalue weighted by molar-refractivity contribution is 9.10. The second-order valence-corrected chi connectivity index (χ2v) is 9.46. The molecule has 5 atom stereocenters. The maximum absolute atomic E-state index is 13.5. The third-order valence-corrected chi connectivity index (χ3v) is 6.49. The Labute approximate surface area is 221 Å². The number of fused-ring (bicyclic) bond motifs is 1. The average Bonchev–Trinajstić information content (AvgIpc) is 2.88. The number of aliphatic hydroxyl groups excluding tert-OH is 3. The summed E-state index contributed by atoms with van der Waals surface area (Å²) in [6.07, 6.45) is -5.47. The van der Waals surface area contributed by atoms with Gasteiger partial charge in [0.1, 0.15) is 35.9 Å². The lowest BCUT2D eigenvalue weighted by Crippen LogP contribution is -2.65. The Kier molecular flexibility index (Phi) is 8.30. The first-order chi connectivity index (χ1) is 17.7. The van der Waals surface area contributed by atoms with E-state index in [-0.39, 0.29) is 11.3 Å². The van der Waals surface area contributed by atoms with Crippen molar-refractivity contribution in [3.05, 3.63) is 64.6 Å². The summed E-state index contributed by atoms with van der Waals surface area (Å²) in [5.74, 6) is -0.435. The van der Waals surface area contributed by atoms with Crippen molar-refractivity contribution in [2.45, 2.75) is 37.6 Å². The third kappa shape index (κ3) is 5.86. The van der Waals surface area contributed by atoms with Crippen molar-refractivity contribution >= 4 is 44.2 Å². The van der Waals surface area contributed by atoms with Crippen molar-refractivity contribution in [2.75, 3.05) is 19.0 Å². The van der Waals surface area contributed by atoms with Gasteiger partial charge in [0, 0.05) is 11.4 Å². The number of nitrogens with one attached hydrogen (secondary N) is 2. The van der Waals surface area contributed by atoms with Gasteiger partial charge in [-0.15, -0.1) is 0 Å². The van der Waals surface area contributed by atoms with Crippen LogP contribution in [0, 0.1) is 0 Å². The van der Waals surface area contributed by atoms with E-state index in [1.807, 2.05) is 18.2 Å². The molecule has 1 saturated heterocycles. The van der Waals surface area contributed by atoms with Crippen LogP contribution in [0.5, 0.6) is 11.5 Å². The van der Waals surface area contributed by atoms with Crippen LogP contribution in [0.2, 0.25) is 0 Å². The molecule has 0 spiro atoms. The molecule has 0 unspecified atom stereocenters. The predicted octanol–water partition coefficient (Wildman–Crippen LogP) is 2.19. The van der Waals surface area contributed by atoms with Gasteiger partial charge in [0.2, 0.25) is 12.2 Å². The summed E-state index contributed by atoms with van der Waals surface area (Å²) in [5, 5.41) is 37.4. The Morgan fingerprint density at radius 1 is 1.03 bits per heavy atom. The highest BCUT2D eigenvalue weighted by Crippen LogP contribution is 2.33. The second kappa shape index (κ2) is 11.4. The number of aliphatic hydroxyl groups is 3. The molecule has 0 bridgehead atoms. The fourth-order valence-electron chi connectivity index (χ4n) is 4.16. The molecule has 0 aliphatic carbocycles. The summed E-state index contributed by atoms with van der Waals surface area (Å²) >= 11 is 3.44. The van der Waals surface area contributed by atoms with Gasteiger partial charge in [-0.05, 0) is 47.2 Å². The minimum Gasteiger partial charge on any atom is -0.495 e. The van der Waals surface area contributed by atoms with Crippen molar-refractivity contribution in [1.29, 1.82) is 0 Å². The molecule has 37 heavy (non-hydrogen) atoms. The molecule has 5 N–H and O–H groups in total. The molecule has 0 saturated carbocycles. The van der Waals surface area contributed by atoms with E-state index < -0.39 is 49.1 Å². The predicted molar refractivity (Wildman–Crippen MR) is 139 cm³/mol. The Hall–Kier alpha value is -3.22. The summed E-state index contributed by atoms with van der Waals surface area (Å²) in [6, 6.07) is 14.5. The summed E-state index contributed by atoms with van der Waals surface area (Å²) in [7, 11) is 1.49. The average molecular weight is 575 g/mol. The smallest absolute Gasteiger partial charge is 0.259 e. The number of hydrogen-bond donors (Lipinski definition) is 5. The monoisotopic (exact) mass is 574 g/mol. The number of anilines is 1. The van der Waals surface area contributed by atoms with E-state index in [0.717, 1.165) is 15.2 Å². The van der Waals surface area contributed by atoms with E-state index in [1.54, 1.807) is 36.4 Å². The molecule has 1 fully saturated rings. The first kappa shape index (κ1) is 26.8. The number of hydrogen-bond acceptors (Lipinski definition) is 8. The van der Waals surface area contributed by atoms with Crippen molar-refractivity contribution in [1.82, 2.24) is 5.32 Å². The lowest BCUT2D eigenvalue weighted by atomic mass is 9.96. The van der Waals surface area contributed by atoms with Crippen LogP contribution in [0.3, 0.4) is 0 Å². The Bertz CT molecular complexity index is 1300. The van der Waals surface area contributed by atoms with Crippen LogP contribution in [0.25, 0.3) is 10.8 Å². The van der Waals surface area contributed by atoms with Crippen LogP contribution in [0.4, 0.5) is 5.69 Å². The number of rotatable bonds is 7. The van der Waals surface area contributed by atoms with E-state index >= 15 is 0 Å². The molecular weight excluding hydrogens is 548 g/mol. The second-order valence-electron chi connectivity index (χ2n) is 8.55. The first-order valence-electron chi connectivity index (χ1n) is 11.5. The standard InChI is InChI=1S/C26H27BrN2O8/c1-13(31)28-22-24(33)23(32)21(12-30)37-26(22)36-20-11-14-7-8-16(27)9-15(14)10-17(20)25(34)29-18-5-3-4-6-19(18)35-2/h3-11,21-24,26,30,32-33H,12H2,1-2H3,(H,28,31)(H,29,34)/t21-,22-,23-,24-,26-/m0/s1. The van der Waals surface area contributed by atoms with Gasteiger partial charge >= 0.3 is 0 Å². The minimum absolute atomic E-state index is 0.0999. The van der Waals surface area contributed by atoms with Gasteiger partial charge in [-0.2, -0.15) is 0 Å². The molecule has 196 valence electrons. The summed E-state index contributed by atoms with van der Waals surface area (Å²) in [5.41, 5.74) is 0.585. The molecule has 0 aromatic heterocycles. The van der Waals surface area contributed by atoms with Gasteiger partial charge in [0.25, 0.3) is 5.91 Å². The molecule has 1 aliphatic rings. The zero-order valence-corrected chi connectivity index (χ0v) is 21.6. The van der Waals surface area contributed by atoms with Gasteiger partial charge in [0.15, 0.2) is 0 Å². The Morgan fingerprint density at radius 3 is 2.49 bits per heavy atom. The highest BCUT2D eigenvalue weighted by atomic mass is 79.9. The largest absolute Gasteiger partial charge is 0.495 e. The number of carbonyl (C=O) groups excluding carboxylic acids is 2. The van der Waals surface area contributed by atoms with E-state index in [2.05, 4.69) is 26.6 Å². The highest BCUT2D eigenvalue weighted by Gasteiger charge is 2.46. The van der Waals surface area contributed by atoms with Crippen LogP contribution < -0.4 is 20.1 Å². The topological polar surface area (TPSA) is 147 Å². The van der Waals surface area contributed by atoms with Gasteiger partial charge in [0.05, 0.1) is 25.0 Å². The number of amides is 2. The number of benzene rings is 3. The van der Waals surface area contributed by atoms with Gasteiger partial charge in [-0.1, -0.05) is 34.1 Å². The normalized spacial score (nSPS) is 23.4. The number of carbonyl (C=O) groups is 2. The first-order valence-corrected chi connectivity index (χ1v) is 12.2. The molecule has 3 aromatic carbocycles. The van der Waals surface area contributed by atoms with E-state index in [9.17, 15) is 24.9 Å². The maximum atomic E-state index is 13.5. The van der Waals surface area contributed by atoms with Crippen LogP contribution in [-0.4, -0.2) is 71.5 Å². The number of halogens is 1. The van der Waals surface area contributed by atoms with Gasteiger partial charge in [-0.3, -0.25) is 9.59 Å². The SMILES string of the molecule is COc1ccccc1NC(=O)c1cc2cc(Br)ccc2cc1O[C@H]1O[C@@H](CO)[C@H](O)[C@@H](O)[C@@H]1NC(C)=O. The molecular formula is C26H27BrN2O8. The summed E-state index contributed by atoms with van der Waals surface area (Å²) < 4.78 is 17.9. The molecule has 0 radical (unpaired) electrons. The van der Waals surface area contributed by atoms with Crippen molar-refractivity contribution in [3.63, 3.8) is 0 Å². The number of para-hydroxylation sites is 2. The Morgan fingerprint density at radius 2 is 1.78 bits per heavy atom. The molecule has 2 amide bonds. The third-order valence-electron chi connectivity index (χ3n) is 5.99. The van der Waals surface area contributed by atoms with Gasteiger partial charge in [-0.25, -0.2) is 0 Å². The Balaban J connectivity index is 1.75. The number of methoxy groups -OCH3 is 1. The fourth-order valence-corrected chi connectivity index (χ4v) is 4.54. The number of ether oxygens (including phenoxy) is 3. The molecule has 1 aliphatic heterocycles. The van der Waals surface area contributed by atoms with E-state index in [0.29, 0.717) is 11.4 Å². The lowest BCUT2D eigenvalue weighted by Gasteiger charge is -2.42. The minimum atomic E-state index is -1.50. The quantitative estimate of drug-likeness (QED) is 0.288. The molecule has 4 rings (SSSR count). The van der Waals surface area contributed by atoms with Crippen molar-refractivity contribution in [2.24, 2.45) is 0 Å². The van der Waals surface area contributed by atoms with Crippen LogP contribution in [0.15, 0.2) is 59.1 Å². The summed E-state index contributed by atoms with van der Waals surface area (Å²) in [4.78, 5) is 25.3. The van der Waals surface area contributed by atoms with E-state index in [1.165, 1.54) is 14.0 Å².